The van der Waals surface area contributed by atoms with Crippen molar-refractivity contribution in [1.82, 2.24) is 9.80 Å². The Morgan fingerprint density at radius 1 is 1.24 bits per heavy atom. The van der Waals surface area contributed by atoms with Crippen molar-refractivity contribution < 1.29 is 14.3 Å². The molecule has 0 N–H and O–H groups in total. The first-order valence-corrected chi connectivity index (χ1v) is 7.30. The van der Waals surface area contributed by atoms with Gasteiger partial charge in [-0.25, -0.2) is 0 Å². The van der Waals surface area contributed by atoms with Gasteiger partial charge in [-0.05, 0) is 12.1 Å². The fourth-order valence-corrected chi connectivity index (χ4v) is 2.65. The first-order chi connectivity index (χ1) is 10.2. The molecule has 2 rings (SSSR count). The van der Waals surface area contributed by atoms with Gasteiger partial charge in [0.25, 0.3) is 5.91 Å². The Bertz CT molecular complexity index is 490. The molecule has 114 valence electrons. The van der Waals surface area contributed by atoms with E-state index in [4.69, 9.17) is 4.74 Å². The smallest absolute Gasteiger partial charge is 0.254 e. The van der Waals surface area contributed by atoms with E-state index in [0.29, 0.717) is 38.2 Å². The molecule has 1 aromatic rings. The maximum atomic E-state index is 12.6. The van der Waals surface area contributed by atoms with Crippen molar-refractivity contribution in [3.05, 3.63) is 35.9 Å². The van der Waals surface area contributed by atoms with Gasteiger partial charge in [-0.1, -0.05) is 25.1 Å². The van der Waals surface area contributed by atoms with Gasteiger partial charge in [0.1, 0.15) is 0 Å². The maximum absolute atomic E-state index is 12.6. The van der Waals surface area contributed by atoms with Gasteiger partial charge in [0.2, 0.25) is 5.91 Å². The second kappa shape index (κ2) is 7.22. The summed E-state index contributed by atoms with van der Waals surface area (Å²) in [6.07, 6.45) is 0.492. The van der Waals surface area contributed by atoms with E-state index < -0.39 is 0 Å². The standard InChI is InChI=1S/C16H22N2O3/c1-3-15(19)17-9-10-18(14(11-17)12-21-2)16(20)13-7-5-4-6-8-13/h4-8,14H,3,9-12H2,1-2H3. The normalized spacial score (nSPS) is 18.7. The molecule has 1 atom stereocenters. The predicted octanol–water partition coefficient (Wildman–Crippen LogP) is 1.40. The minimum Gasteiger partial charge on any atom is -0.382 e. The highest BCUT2D eigenvalue weighted by Crippen LogP contribution is 2.15. The van der Waals surface area contributed by atoms with Crippen LogP contribution in [0.15, 0.2) is 30.3 Å². The van der Waals surface area contributed by atoms with Crippen LogP contribution in [-0.4, -0.2) is 61.0 Å². The van der Waals surface area contributed by atoms with Gasteiger partial charge in [-0.3, -0.25) is 9.59 Å². The fraction of sp³-hybridized carbons (Fsp3) is 0.500. The first-order valence-electron chi connectivity index (χ1n) is 7.30. The zero-order valence-electron chi connectivity index (χ0n) is 12.6. The van der Waals surface area contributed by atoms with E-state index in [0.717, 1.165) is 0 Å². The quantitative estimate of drug-likeness (QED) is 0.842. The summed E-state index contributed by atoms with van der Waals surface area (Å²) in [6.45, 7) is 3.97. The number of nitrogens with zero attached hydrogens (tertiary/aromatic N) is 2. The Morgan fingerprint density at radius 2 is 1.95 bits per heavy atom. The number of ether oxygens (including phenoxy) is 1. The Kier molecular flexibility index (Phi) is 5.33. The second-order valence-electron chi connectivity index (χ2n) is 5.17. The van der Waals surface area contributed by atoms with Crippen molar-refractivity contribution in [3.63, 3.8) is 0 Å². The third-order valence-corrected chi connectivity index (χ3v) is 3.78. The lowest BCUT2D eigenvalue weighted by Gasteiger charge is -2.41. The van der Waals surface area contributed by atoms with Crippen LogP contribution in [0.4, 0.5) is 0 Å². The number of amides is 2. The molecule has 0 aliphatic carbocycles. The highest BCUT2D eigenvalue weighted by Gasteiger charge is 2.32. The van der Waals surface area contributed by atoms with Crippen LogP contribution in [0.2, 0.25) is 0 Å². The van der Waals surface area contributed by atoms with Crippen LogP contribution in [0.3, 0.4) is 0 Å². The molecule has 1 saturated heterocycles. The number of hydrogen-bond donors (Lipinski definition) is 0. The minimum absolute atomic E-state index is 0.00116. The van der Waals surface area contributed by atoms with Crippen LogP contribution in [0, 0.1) is 0 Å². The van der Waals surface area contributed by atoms with E-state index in [1.165, 1.54) is 0 Å². The lowest BCUT2D eigenvalue weighted by Crippen LogP contribution is -2.58. The second-order valence-corrected chi connectivity index (χ2v) is 5.17. The van der Waals surface area contributed by atoms with Crippen LogP contribution in [0.5, 0.6) is 0 Å². The van der Waals surface area contributed by atoms with Crippen LogP contribution < -0.4 is 0 Å². The average molecular weight is 290 g/mol. The van der Waals surface area contributed by atoms with Crippen molar-refractivity contribution in [2.45, 2.75) is 19.4 Å². The van der Waals surface area contributed by atoms with E-state index in [9.17, 15) is 9.59 Å². The summed E-state index contributed by atoms with van der Waals surface area (Å²) in [5, 5.41) is 0. The zero-order chi connectivity index (χ0) is 15.2. The highest BCUT2D eigenvalue weighted by molar-refractivity contribution is 5.94. The lowest BCUT2D eigenvalue weighted by atomic mass is 10.1. The molecule has 1 unspecified atom stereocenters. The van der Waals surface area contributed by atoms with Crippen LogP contribution in [-0.2, 0) is 9.53 Å². The van der Waals surface area contributed by atoms with Crippen molar-refractivity contribution >= 4 is 11.8 Å². The Labute approximate surface area is 125 Å². The van der Waals surface area contributed by atoms with Crippen molar-refractivity contribution in [1.29, 1.82) is 0 Å². The topological polar surface area (TPSA) is 49.9 Å². The first kappa shape index (κ1) is 15.5. The monoisotopic (exact) mass is 290 g/mol. The van der Waals surface area contributed by atoms with Gasteiger partial charge in [0.05, 0.1) is 12.6 Å². The molecule has 2 amide bonds. The third kappa shape index (κ3) is 3.61. The SMILES string of the molecule is CCC(=O)N1CCN(C(=O)c2ccccc2)C(COC)C1. The molecule has 0 bridgehead atoms. The summed E-state index contributed by atoms with van der Waals surface area (Å²) in [5.74, 6) is 0.129. The Balaban J connectivity index is 2.12. The van der Waals surface area contributed by atoms with Gasteiger partial charge < -0.3 is 14.5 Å². The third-order valence-electron chi connectivity index (χ3n) is 3.78. The zero-order valence-corrected chi connectivity index (χ0v) is 12.6. The summed E-state index contributed by atoms with van der Waals surface area (Å²) in [7, 11) is 1.62. The molecule has 0 saturated carbocycles. The highest BCUT2D eigenvalue weighted by atomic mass is 16.5. The largest absolute Gasteiger partial charge is 0.382 e. The molecule has 1 aromatic carbocycles. The van der Waals surface area contributed by atoms with E-state index in [-0.39, 0.29) is 17.9 Å². The number of carbonyl (C=O) groups is 2. The molecule has 0 aromatic heterocycles. The molecule has 0 spiro atoms. The summed E-state index contributed by atoms with van der Waals surface area (Å²) >= 11 is 0. The van der Waals surface area contributed by atoms with Crippen molar-refractivity contribution in [2.75, 3.05) is 33.4 Å². The van der Waals surface area contributed by atoms with E-state index >= 15 is 0 Å². The fourth-order valence-electron chi connectivity index (χ4n) is 2.65. The van der Waals surface area contributed by atoms with Crippen LogP contribution in [0.1, 0.15) is 23.7 Å². The molecular formula is C16H22N2O3. The number of hydrogen-bond acceptors (Lipinski definition) is 3. The van der Waals surface area contributed by atoms with Crippen LogP contribution >= 0.6 is 0 Å². The molecule has 5 heteroatoms. The van der Waals surface area contributed by atoms with Gasteiger partial charge >= 0.3 is 0 Å². The molecular weight excluding hydrogens is 268 g/mol. The number of rotatable bonds is 4. The van der Waals surface area contributed by atoms with Crippen LogP contribution in [0.25, 0.3) is 0 Å². The number of benzene rings is 1. The minimum atomic E-state index is -0.0908. The molecule has 5 nitrogen and oxygen atoms in total. The van der Waals surface area contributed by atoms with E-state index in [1.54, 1.807) is 7.11 Å². The molecule has 21 heavy (non-hydrogen) atoms. The molecule has 1 heterocycles. The van der Waals surface area contributed by atoms with Crippen molar-refractivity contribution in [3.8, 4) is 0 Å². The van der Waals surface area contributed by atoms with Gasteiger partial charge in [-0.2, -0.15) is 0 Å². The van der Waals surface area contributed by atoms with Gasteiger partial charge in [-0.15, -0.1) is 0 Å². The summed E-state index contributed by atoms with van der Waals surface area (Å²) < 4.78 is 5.23. The van der Waals surface area contributed by atoms with Crippen molar-refractivity contribution in [2.24, 2.45) is 0 Å². The van der Waals surface area contributed by atoms with Gasteiger partial charge in [0.15, 0.2) is 0 Å². The molecule has 1 fully saturated rings. The predicted molar refractivity (Wildman–Crippen MR) is 80.0 cm³/mol. The Hall–Kier alpha value is -1.88. The summed E-state index contributed by atoms with van der Waals surface area (Å²) in [5.41, 5.74) is 0.675. The molecule has 0 radical (unpaired) electrons. The molecule has 1 aliphatic rings. The molecule has 1 aliphatic heterocycles. The summed E-state index contributed by atoms with van der Waals surface area (Å²) in [6, 6.07) is 9.14. The van der Waals surface area contributed by atoms with E-state index in [2.05, 4.69) is 0 Å². The number of carbonyl (C=O) groups excluding carboxylic acids is 2. The Morgan fingerprint density at radius 3 is 2.57 bits per heavy atom. The number of methoxy groups -OCH3 is 1. The lowest BCUT2D eigenvalue weighted by molar-refractivity contribution is -0.133. The maximum Gasteiger partial charge on any atom is 0.254 e. The van der Waals surface area contributed by atoms with E-state index in [1.807, 2.05) is 47.1 Å². The van der Waals surface area contributed by atoms with Gasteiger partial charge in [0, 0.05) is 38.7 Å². The number of piperazine rings is 1. The average Bonchev–Trinajstić information content (AvgIpc) is 2.54. The summed E-state index contributed by atoms with van der Waals surface area (Å²) in [4.78, 5) is 28.1.